The second kappa shape index (κ2) is 6.08. The molecule has 0 aromatic heterocycles. The van der Waals surface area contributed by atoms with Crippen LogP contribution >= 0.6 is 0 Å². The van der Waals surface area contributed by atoms with Gasteiger partial charge in [-0.15, -0.1) is 0 Å². The summed E-state index contributed by atoms with van der Waals surface area (Å²) in [6.07, 6.45) is 6.93. The lowest BCUT2D eigenvalue weighted by Gasteiger charge is -2.27. The number of amides is 1. The van der Waals surface area contributed by atoms with E-state index in [1.54, 1.807) is 7.05 Å². The zero-order chi connectivity index (χ0) is 11.1. The Morgan fingerprint density at radius 1 is 1.33 bits per heavy atom. The van der Waals surface area contributed by atoms with E-state index < -0.39 is 0 Å². The Labute approximate surface area is 91.5 Å². The number of hydrogen-bond donors (Lipinski definition) is 2. The van der Waals surface area contributed by atoms with Crippen LogP contribution in [-0.4, -0.2) is 31.7 Å². The van der Waals surface area contributed by atoms with E-state index in [2.05, 4.69) is 5.32 Å². The molecular weight excluding hydrogens is 192 g/mol. The van der Waals surface area contributed by atoms with Crippen LogP contribution in [0.4, 0.5) is 0 Å². The first-order valence-corrected chi connectivity index (χ1v) is 5.73. The summed E-state index contributed by atoms with van der Waals surface area (Å²) in [5.41, 5.74) is 6.03. The second-order valence-corrected chi connectivity index (χ2v) is 4.44. The molecule has 0 atom stereocenters. The van der Waals surface area contributed by atoms with E-state index in [4.69, 9.17) is 10.5 Å². The number of rotatable bonds is 4. The topological polar surface area (TPSA) is 64.3 Å². The van der Waals surface area contributed by atoms with Gasteiger partial charge < -0.3 is 15.8 Å². The Morgan fingerprint density at radius 3 is 2.47 bits per heavy atom. The maximum atomic E-state index is 10.9. The van der Waals surface area contributed by atoms with Crippen LogP contribution in [0.25, 0.3) is 0 Å². The molecule has 0 bridgehead atoms. The van der Waals surface area contributed by atoms with Crippen molar-refractivity contribution in [1.29, 1.82) is 0 Å². The maximum Gasteiger partial charge on any atom is 0.245 e. The highest BCUT2D eigenvalue weighted by atomic mass is 16.5. The van der Waals surface area contributed by atoms with E-state index in [-0.39, 0.29) is 18.1 Å². The number of likely N-dealkylation sites (N-methyl/N-ethyl adjacent to an activating group) is 1. The van der Waals surface area contributed by atoms with Crippen molar-refractivity contribution in [2.75, 3.05) is 20.3 Å². The molecule has 88 valence electrons. The standard InChI is InChI=1S/C11H22N2O2/c1-13-10(14)8-15-9-11(12)6-4-2-3-5-7-11/h2-9,12H2,1H3,(H,13,14). The molecule has 0 radical (unpaired) electrons. The molecule has 1 saturated carbocycles. The third-order valence-corrected chi connectivity index (χ3v) is 3.00. The predicted molar refractivity (Wildman–Crippen MR) is 59.5 cm³/mol. The largest absolute Gasteiger partial charge is 0.370 e. The summed E-state index contributed by atoms with van der Waals surface area (Å²) >= 11 is 0. The fraction of sp³-hybridized carbons (Fsp3) is 0.909. The van der Waals surface area contributed by atoms with E-state index in [0.29, 0.717) is 6.61 Å². The van der Waals surface area contributed by atoms with E-state index >= 15 is 0 Å². The Kier molecular flexibility index (Phi) is 5.05. The van der Waals surface area contributed by atoms with Gasteiger partial charge in [0.05, 0.1) is 6.61 Å². The summed E-state index contributed by atoms with van der Waals surface area (Å²) in [7, 11) is 1.61. The average Bonchev–Trinajstić information content (AvgIpc) is 2.43. The molecule has 1 rings (SSSR count). The van der Waals surface area contributed by atoms with Gasteiger partial charge >= 0.3 is 0 Å². The van der Waals surface area contributed by atoms with Crippen molar-refractivity contribution in [3.05, 3.63) is 0 Å². The van der Waals surface area contributed by atoms with Crippen LogP contribution in [0.5, 0.6) is 0 Å². The summed E-state index contributed by atoms with van der Waals surface area (Å²) < 4.78 is 5.35. The van der Waals surface area contributed by atoms with E-state index in [9.17, 15) is 4.79 Å². The molecule has 3 N–H and O–H groups in total. The molecule has 1 aliphatic carbocycles. The van der Waals surface area contributed by atoms with Crippen LogP contribution in [0.15, 0.2) is 0 Å². The third-order valence-electron chi connectivity index (χ3n) is 3.00. The van der Waals surface area contributed by atoms with E-state index in [1.807, 2.05) is 0 Å². The van der Waals surface area contributed by atoms with Crippen LogP contribution in [-0.2, 0) is 9.53 Å². The van der Waals surface area contributed by atoms with Gasteiger partial charge in [-0.25, -0.2) is 0 Å². The van der Waals surface area contributed by atoms with Gasteiger partial charge in [-0.2, -0.15) is 0 Å². The number of hydrogen-bond acceptors (Lipinski definition) is 3. The number of carbonyl (C=O) groups is 1. The Balaban J connectivity index is 2.25. The molecule has 1 aliphatic rings. The lowest BCUT2D eigenvalue weighted by atomic mass is 9.93. The Hall–Kier alpha value is -0.610. The molecule has 1 amide bonds. The molecular formula is C11H22N2O2. The summed E-state index contributed by atoms with van der Waals surface area (Å²) in [6.45, 7) is 0.621. The first kappa shape index (κ1) is 12.5. The molecule has 0 heterocycles. The molecule has 0 aromatic carbocycles. The zero-order valence-corrected chi connectivity index (χ0v) is 9.55. The van der Waals surface area contributed by atoms with Crippen LogP contribution in [0.1, 0.15) is 38.5 Å². The number of ether oxygens (including phenoxy) is 1. The van der Waals surface area contributed by atoms with Crippen molar-refractivity contribution >= 4 is 5.91 Å². The first-order valence-electron chi connectivity index (χ1n) is 5.73. The number of nitrogens with two attached hydrogens (primary N) is 1. The first-order chi connectivity index (χ1) is 7.16. The average molecular weight is 214 g/mol. The van der Waals surface area contributed by atoms with Crippen molar-refractivity contribution in [3.8, 4) is 0 Å². The minimum Gasteiger partial charge on any atom is -0.370 e. The lowest BCUT2D eigenvalue weighted by Crippen LogP contribution is -2.44. The predicted octanol–water partition coefficient (Wildman–Crippen LogP) is 0.801. The Bertz CT molecular complexity index is 199. The minimum atomic E-state index is -0.204. The molecule has 0 saturated heterocycles. The van der Waals surface area contributed by atoms with E-state index in [0.717, 1.165) is 12.8 Å². The van der Waals surface area contributed by atoms with Gasteiger partial charge in [0.15, 0.2) is 0 Å². The lowest BCUT2D eigenvalue weighted by molar-refractivity contribution is -0.125. The molecule has 1 fully saturated rings. The summed E-state index contributed by atoms with van der Waals surface area (Å²) in [4.78, 5) is 10.9. The molecule has 4 heteroatoms. The SMILES string of the molecule is CNC(=O)COCC1(N)CCCCCC1. The van der Waals surface area contributed by atoms with Gasteiger partial charge in [-0.05, 0) is 12.8 Å². The van der Waals surface area contributed by atoms with Crippen LogP contribution in [0.3, 0.4) is 0 Å². The molecule has 0 unspecified atom stereocenters. The highest BCUT2D eigenvalue weighted by Crippen LogP contribution is 2.24. The molecule has 0 spiro atoms. The van der Waals surface area contributed by atoms with Crippen molar-refractivity contribution < 1.29 is 9.53 Å². The third kappa shape index (κ3) is 4.62. The number of carbonyl (C=O) groups excluding carboxylic acids is 1. The van der Waals surface area contributed by atoms with Gasteiger partial charge in [0.1, 0.15) is 6.61 Å². The Morgan fingerprint density at radius 2 is 1.93 bits per heavy atom. The maximum absolute atomic E-state index is 10.9. The van der Waals surface area contributed by atoms with Crippen molar-refractivity contribution in [2.24, 2.45) is 5.73 Å². The zero-order valence-electron chi connectivity index (χ0n) is 9.55. The van der Waals surface area contributed by atoms with Gasteiger partial charge in [-0.1, -0.05) is 25.7 Å². The summed E-state index contributed by atoms with van der Waals surface area (Å²) in [5.74, 6) is -0.0905. The molecule has 0 aromatic rings. The van der Waals surface area contributed by atoms with Crippen molar-refractivity contribution in [3.63, 3.8) is 0 Å². The minimum absolute atomic E-state index is 0.0905. The van der Waals surface area contributed by atoms with Gasteiger partial charge in [-0.3, -0.25) is 4.79 Å². The van der Waals surface area contributed by atoms with Gasteiger partial charge in [0.25, 0.3) is 0 Å². The molecule has 15 heavy (non-hydrogen) atoms. The number of nitrogens with one attached hydrogen (secondary N) is 1. The van der Waals surface area contributed by atoms with Crippen LogP contribution < -0.4 is 11.1 Å². The van der Waals surface area contributed by atoms with Crippen molar-refractivity contribution in [1.82, 2.24) is 5.32 Å². The fourth-order valence-corrected chi connectivity index (χ4v) is 2.00. The quantitative estimate of drug-likeness (QED) is 0.680. The smallest absolute Gasteiger partial charge is 0.245 e. The molecule has 4 nitrogen and oxygen atoms in total. The van der Waals surface area contributed by atoms with E-state index in [1.165, 1.54) is 25.7 Å². The van der Waals surface area contributed by atoms with Crippen LogP contribution in [0, 0.1) is 0 Å². The van der Waals surface area contributed by atoms with Gasteiger partial charge in [0.2, 0.25) is 5.91 Å². The van der Waals surface area contributed by atoms with Crippen LogP contribution in [0.2, 0.25) is 0 Å². The second-order valence-electron chi connectivity index (χ2n) is 4.44. The normalized spacial score (nSPS) is 20.7. The highest BCUT2D eigenvalue weighted by Gasteiger charge is 2.26. The monoisotopic (exact) mass is 214 g/mol. The highest BCUT2D eigenvalue weighted by molar-refractivity contribution is 5.76. The van der Waals surface area contributed by atoms with Crippen molar-refractivity contribution in [2.45, 2.75) is 44.1 Å². The molecule has 0 aliphatic heterocycles. The fourth-order valence-electron chi connectivity index (χ4n) is 2.00. The summed E-state index contributed by atoms with van der Waals surface area (Å²) in [5, 5.41) is 2.52. The summed E-state index contributed by atoms with van der Waals surface area (Å²) in [6, 6.07) is 0. The van der Waals surface area contributed by atoms with Gasteiger partial charge in [0, 0.05) is 12.6 Å².